The fraction of sp³-hybridized carbons (Fsp3) is 0.462. The van der Waals surface area contributed by atoms with E-state index < -0.39 is 5.95 Å². The van der Waals surface area contributed by atoms with Crippen molar-refractivity contribution in [2.24, 2.45) is 5.92 Å². The highest BCUT2D eigenvalue weighted by Gasteiger charge is 2.28. The van der Waals surface area contributed by atoms with E-state index in [1.165, 1.54) is 19.4 Å². The van der Waals surface area contributed by atoms with Crippen molar-refractivity contribution in [2.75, 3.05) is 20.2 Å². The number of methoxy groups -OCH3 is 1. The molecule has 2 rings (SSSR count). The third-order valence-electron chi connectivity index (χ3n) is 3.29. The molecule has 0 unspecified atom stereocenters. The number of aromatic nitrogens is 1. The van der Waals surface area contributed by atoms with E-state index in [4.69, 9.17) is 0 Å². The molecule has 0 bridgehead atoms. The molecule has 0 atom stereocenters. The summed E-state index contributed by atoms with van der Waals surface area (Å²) in [4.78, 5) is 28.5. The molecule has 1 saturated heterocycles. The minimum absolute atomic E-state index is 0.150. The fourth-order valence-electron chi connectivity index (χ4n) is 2.20. The molecule has 19 heavy (non-hydrogen) atoms. The summed E-state index contributed by atoms with van der Waals surface area (Å²) >= 11 is 0. The Hall–Kier alpha value is -1.98. The van der Waals surface area contributed by atoms with Crippen molar-refractivity contribution in [3.63, 3.8) is 0 Å². The van der Waals surface area contributed by atoms with Crippen LogP contribution in [0.4, 0.5) is 4.39 Å². The normalized spacial score (nSPS) is 16.2. The Kier molecular flexibility index (Phi) is 4.09. The molecule has 102 valence electrons. The molecule has 1 amide bonds. The molecule has 1 fully saturated rings. The molecular weight excluding hydrogens is 251 g/mol. The first-order valence-electron chi connectivity index (χ1n) is 6.10. The predicted molar refractivity (Wildman–Crippen MR) is 64.8 cm³/mol. The van der Waals surface area contributed by atoms with Crippen LogP contribution in [0.15, 0.2) is 18.3 Å². The number of rotatable bonds is 2. The van der Waals surface area contributed by atoms with Gasteiger partial charge in [-0.2, -0.15) is 4.39 Å². The van der Waals surface area contributed by atoms with Crippen LogP contribution >= 0.6 is 0 Å². The number of esters is 1. The average Bonchev–Trinajstić information content (AvgIpc) is 2.46. The molecule has 6 heteroatoms. The maximum Gasteiger partial charge on any atom is 0.308 e. The number of carbonyl (C=O) groups excluding carboxylic acids is 2. The smallest absolute Gasteiger partial charge is 0.308 e. The first-order chi connectivity index (χ1) is 9.11. The van der Waals surface area contributed by atoms with E-state index in [9.17, 15) is 14.0 Å². The lowest BCUT2D eigenvalue weighted by Gasteiger charge is -2.30. The van der Waals surface area contributed by atoms with Gasteiger partial charge < -0.3 is 9.64 Å². The van der Waals surface area contributed by atoms with Crippen LogP contribution in [0.3, 0.4) is 0 Å². The molecule has 0 N–H and O–H groups in total. The minimum atomic E-state index is -0.671. The highest BCUT2D eigenvalue weighted by molar-refractivity contribution is 5.94. The number of nitrogens with zero attached hydrogens (tertiary/aromatic N) is 2. The predicted octanol–water partition coefficient (Wildman–Crippen LogP) is 1.25. The van der Waals surface area contributed by atoms with Crippen LogP contribution in [0.1, 0.15) is 23.2 Å². The number of ether oxygens (including phenoxy) is 1. The molecular formula is C13H15FN2O3. The second-order valence-electron chi connectivity index (χ2n) is 4.46. The number of amides is 1. The van der Waals surface area contributed by atoms with Crippen molar-refractivity contribution in [2.45, 2.75) is 12.8 Å². The standard InChI is InChI=1S/C13H15FN2O3/c1-19-13(18)9-3-6-16(7-4-9)12(17)10-2-5-15-11(14)8-10/h2,5,8-9H,3-4,6-7H2,1H3. The lowest BCUT2D eigenvalue weighted by atomic mass is 9.96. The molecule has 0 spiro atoms. The zero-order chi connectivity index (χ0) is 13.8. The molecule has 1 aromatic heterocycles. The third kappa shape index (κ3) is 3.07. The molecule has 1 aliphatic heterocycles. The highest BCUT2D eigenvalue weighted by Crippen LogP contribution is 2.20. The topological polar surface area (TPSA) is 59.5 Å². The maximum atomic E-state index is 13.0. The van der Waals surface area contributed by atoms with Crippen molar-refractivity contribution in [3.8, 4) is 0 Å². The van der Waals surface area contributed by atoms with E-state index in [-0.39, 0.29) is 23.4 Å². The molecule has 5 nitrogen and oxygen atoms in total. The van der Waals surface area contributed by atoms with E-state index in [0.717, 1.165) is 6.07 Å². The quantitative estimate of drug-likeness (QED) is 0.597. The number of likely N-dealkylation sites (tertiary alicyclic amines) is 1. The molecule has 1 aliphatic rings. The number of hydrogen-bond acceptors (Lipinski definition) is 4. The van der Waals surface area contributed by atoms with Gasteiger partial charge in [-0.15, -0.1) is 0 Å². The van der Waals surface area contributed by atoms with Gasteiger partial charge >= 0.3 is 5.97 Å². The Morgan fingerprint density at radius 2 is 2.11 bits per heavy atom. The van der Waals surface area contributed by atoms with Gasteiger partial charge in [-0.1, -0.05) is 0 Å². The summed E-state index contributed by atoms with van der Waals surface area (Å²) in [7, 11) is 1.36. The molecule has 0 aromatic carbocycles. The summed E-state index contributed by atoms with van der Waals surface area (Å²) in [5.74, 6) is -1.29. The Balaban J connectivity index is 1.98. The van der Waals surface area contributed by atoms with Crippen LogP contribution in [-0.4, -0.2) is 42.0 Å². The van der Waals surface area contributed by atoms with Crippen LogP contribution < -0.4 is 0 Å². The SMILES string of the molecule is COC(=O)C1CCN(C(=O)c2ccnc(F)c2)CC1. The summed E-state index contributed by atoms with van der Waals surface area (Å²) in [6.45, 7) is 0.949. The number of carbonyl (C=O) groups is 2. The van der Waals surface area contributed by atoms with Crippen LogP contribution in [-0.2, 0) is 9.53 Å². The van der Waals surface area contributed by atoms with Gasteiger partial charge in [0, 0.05) is 30.9 Å². The molecule has 2 heterocycles. The zero-order valence-electron chi connectivity index (χ0n) is 10.6. The number of hydrogen-bond donors (Lipinski definition) is 0. The Labute approximate surface area is 110 Å². The van der Waals surface area contributed by atoms with Crippen molar-refractivity contribution in [1.29, 1.82) is 0 Å². The Morgan fingerprint density at radius 3 is 2.68 bits per heavy atom. The molecule has 1 aromatic rings. The maximum absolute atomic E-state index is 13.0. The zero-order valence-corrected chi connectivity index (χ0v) is 10.6. The van der Waals surface area contributed by atoms with E-state index >= 15 is 0 Å². The van der Waals surface area contributed by atoms with Gasteiger partial charge in [-0.25, -0.2) is 4.98 Å². The first kappa shape index (κ1) is 13.5. The summed E-state index contributed by atoms with van der Waals surface area (Å²) in [6, 6.07) is 2.60. The van der Waals surface area contributed by atoms with Crippen molar-refractivity contribution in [1.82, 2.24) is 9.88 Å². The van der Waals surface area contributed by atoms with Gasteiger partial charge in [0.25, 0.3) is 5.91 Å². The van der Waals surface area contributed by atoms with E-state index in [1.807, 2.05) is 0 Å². The minimum Gasteiger partial charge on any atom is -0.469 e. The third-order valence-corrected chi connectivity index (χ3v) is 3.29. The van der Waals surface area contributed by atoms with E-state index in [1.54, 1.807) is 4.90 Å². The Morgan fingerprint density at radius 1 is 1.42 bits per heavy atom. The van der Waals surface area contributed by atoms with Gasteiger partial charge in [0.15, 0.2) is 0 Å². The van der Waals surface area contributed by atoms with Crippen LogP contribution in [0.5, 0.6) is 0 Å². The van der Waals surface area contributed by atoms with E-state index in [2.05, 4.69) is 9.72 Å². The lowest BCUT2D eigenvalue weighted by molar-refractivity contribution is -0.146. The summed E-state index contributed by atoms with van der Waals surface area (Å²) < 4.78 is 17.7. The van der Waals surface area contributed by atoms with Gasteiger partial charge in [0.05, 0.1) is 13.0 Å². The molecule has 0 saturated carbocycles. The lowest BCUT2D eigenvalue weighted by Crippen LogP contribution is -2.40. The monoisotopic (exact) mass is 266 g/mol. The summed E-state index contributed by atoms with van der Waals surface area (Å²) in [5.41, 5.74) is 0.281. The first-order valence-corrected chi connectivity index (χ1v) is 6.10. The van der Waals surface area contributed by atoms with Crippen LogP contribution in [0, 0.1) is 11.9 Å². The number of piperidine rings is 1. The fourth-order valence-corrected chi connectivity index (χ4v) is 2.20. The number of pyridine rings is 1. The average molecular weight is 266 g/mol. The summed E-state index contributed by atoms with van der Waals surface area (Å²) in [5, 5.41) is 0. The molecule has 0 radical (unpaired) electrons. The van der Waals surface area contributed by atoms with Crippen molar-refractivity contribution in [3.05, 3.63) is 29.8 Å². The van der Waals surface area contributed by atoms with Crippen LogP contribution in [0.2, 0.25) is 0 Å². The Bertz CT molecular complexity index is 485. The van der Waals surface area contributed by atoms with Gasteiger partial charge in [-0.05, 0) is 18.9 Å². The van der Waals surface area contributed by atoms with Gasteiger partial charge in [0.2, 0.25) is 5.95 Å². The van der Waals surface area contributed by atoms with Gasteiger partial charge in [-0.3, -0.25) is 9.59 Å². The van der Waals surface area contributed by atoms with Gasteiger partial charge in [0.1, 0.15) is 0 Å². The second-order valence-corrected chi connectivity index (χ2v) is 4.46. The van der Waals surface area contributed by atoms with Crippen LogP contribution in [0.25, 0.3) is 0 Å². The highest BCUT2D eigenvalue weighted by atomic mass is 19.1. The summed E-state index contributed by atoms with van der Waals surface area (Å²) in [6.07, 6.45) is 2.42. The largest absolute Gasteiger partial charge is 0.469 e. The van der Waals surface area contributed by atoms with Crippen molar-refractivity contribution >= 4 is 11.9 Å². The second kappa shape index (κ2) is 5.77. The van der Waals surface area contributed by atoms with E-state index in [0.29, 0.717) is 25.9 Å². The van der Waals surface area contributed by atoms with Crippen molar-refractivity contribution < 1.29 is 18.7 Å². The molecule has 0 aliphatic carbocycles. The number of halogens is 1.